The van der Waals surface area contributed by atoms with E-state index in [1.807, 2.05) is 29.2 Å². The number of nitrogens with one attached hydrogen (secondary N) is 1. The summed E-state index contributed by atoms with van der Waals surface area (Å²) >= 11 is 0. The van der Waals surface area contributed by atoms with E-state index < -0.39 is 0 Å². The molecule has 1 aromatic heterocycles. The van der Waals surface area contributed by atoms with E-state index in [9.17, 15) is 0 Å². The van der Waals surface area contributed by atoms with Crippen LogP contribution < -0.4 is 5.32 Å². The fourth-order valence-corrected chi connectivity index (χ4v) is 1.61. The zero-order chi connectivity index (χ0) is 12.3. The van der Waals surface area contributed by atoms with Gasteiger partial charge in [0.1, 0.15) is 0 Å². The summed E-state index contributed by atoms with van der Waals surface area (Å²) in [7, 11) is 0. The van der Waals surface area contributed by atoms with Gasteiger partial charge in [-0.25, -0.2) is 4.98 Å². The molecule has 3 nitrogen and oxygen atoms in total. The van der Waals surface area contributed by atoms with Crippen LogP contribution in [0, 0.1) is 5.41 Å². The van der Waals surface area contributed by atoms with Crippen LogP contribution in [-0.2, 0) is 0 Å². The first kappa shape index (κ1) is 11.7. The van der Waals surface area contributed by atoms with Gasteiger partial charge in [0.25, 0.3) is 0 Å². The molecule has 1 N–H and O–H groups in total. The molecule has 0 spiro atoms. The molecule has 0 atom stereocenters. The molecule has 0 aliphatic carbocycles. The van der Waals surface area contributed by atoms with Crippen molar-refractivity contribution < 1.29 is 0 Å². The van der Waals surface area contributed by atoms with Gasteiger partial charge in [0.15, 0.2) is 0 Å². The minimum Gasteiger partial charge on any atom is -0.383 e. The fourth-order valence-electron chi connectivity index (χ4n) is 1.61. The first-order valence-corrected chi connectivity index (χ1v) is 5.87. The number of nitrogens with zero attached hydrogens (tertiary/aromatic N) is 2. The molecule has 0 amide bonds. The molecule has 0 saturated carbocycles. The van der Waals surface area contributed by atoms with E-state index in [4.69, 9.17) is 0 Å². The van der Waals surface area contributed by atoms with Crippen molar-refractivity contribution in [3.63, 3.8) is 0 Å². The largest absolute Gasteiger partial charge is 0.383 e. The monoisotopic (exact) mass is 229 g/mol. The van der Waals surface area contributed by atoms with Gasteiger partial charge in [0.05, 0.1) is 17.7 Å². The molecule has 1 aromatic carbocycles. The Bertz CT molecular complexity index is 466. The lowest BCUT2D eigenvalue weighted by molar-refractivity contribution is 0.443. The Labute approximate surface area is 103 Å². The van der Waals surface area contributed by atoms with E-state index in [1.54, 1.807) is 6.20 Å². The van der Waals surface area contributed by atoms with Gasteiger partial charge in [-0.3, -0.25) is 0 Å². The highest BCUT2D eigenvalue weighted by Gasteiger charge is 2.11. The summed E-state index contributed by atoms with van der Waals surface area (Å²) in [6.07, 6.45) is 5.57. The van der Waals surface area contributed by atoms with Crippen molar-refractivity contribution in [2.75, 3.05) is 11.9 Å². The van der Waals surface area contributed by atoms with Crippen LogP contribution in [-0.4, -0.2) is 16.1 Å². The third kappa shape index (κ3) is 3.09. The zero-order valence-corrected chi connectivity index (χ0v) is 10.6. The number of rotatable bonds is 3. The highest BCUT2D eigenvalue weighted by Crippen LogP contribution is 2.22. The maximum Gasteiger partial charge on any atom is 0.0992 e. The van der Waals surface area contributed by atoms with E-state index in [0.717, 1.165) is 17.9 Å². The third-order valence-corrected chi connectivity index (χ3v) is 2.50. The Morgan fingerprint density at radius 3 is 2.65 bits per heavy atom. The minimum atomic E-state index is 0.266. The molecule has 2 rings (SSSR count). The summed E-state index contributed by atoms with van der Waals surface area (Å²) in [5.74, 6) is 0. The molecule has 0 aliphatic heterocycles. The fraction of sp³-hybridized carbons (Fsp3) is 0.357. The smallest absolute Gasteiger partial charge is 0.0992 e. The molecule has 0 unspecified atom stereocenters. The van der Waals surface area contributed by atoms with Crippen molar-refractivity contribution >= 4 is 5.69 Å². The standard InChI is InChI=1S/C14H19N3/c1-14(2,3)10-16-12-6-4-5-7-13(12)17-9-8-15-11-17/h4-9,11,16H,10H2,1-3H3. The molecule has 90 valence electrons. The molecule has 0 radical (unpaired) electrons. The van der Waals surface area contributed by atoms with E-state index in [2.05, 4.69) is 43.2 Å². The lowest BCUT2D eigenvalue weighted by Crippen LogP contribution is -2.19. The van der Waals surface area contributed by atoms with E-state index in [1.165, 1.54) is 0 Å². The number of imidazole rings is 1. The zero-order valence-electron chi connectivity index (χ0n) is 10.6. The summed E-state index contributed by atoms with van der Waals surface area (Å²) < 4.78 is 2.02. The van der Waals surface area contributed by atoms with Gasteiger partial charge < -0.3 is 9.88 Å². The van der Waals surface area contributed by atoms with Crippen LogP contribution in [0.4, 0.5) is 5.69 Å². The van der Waals surface area contributed by atoms with Crippen molar-refractivity contribution in [1.82, 2.24) is 9.55 Å². The van der Waals surface area contributed by atoms with Crippen molar-refractivity contribution in [3.8, 4) is 5.69 Å². The predicted molar refractivity (Wildman–Crippen MR) is 71.5 cm³/mol. The molecular weight excluding hydrogens is 210 g/mol. The molecule has 0 fully saturated rings. The van der Waals surface area contributed by atoms with Crippen LogP contribution in [0.1, 0.15) is 20.8 Å². The van der Waals surface area contributed by atoms with Gasteiger partial charge in [-0.1, -0.05) is 32.9 Å². The molecule has 0 saturated heterocycles. The van der Waals surface area contributed by atoms with E-state index in [-0.39, 0.29) is 5.41 Å². The second-order valence-corrected chi connectivity index (χ2v) is 5.40. The highest BCUT2D eigenvalue weighted by molar-refractivity contribution is 5.60. The Kier molecular flexibility index (Phi) is 3.18. The molecule has 3 heteroatoms. The molecule has 0 aliphatic rings. The van der Waals surface area contributed by atoms with Gasteiger partial charge in [-0.15, -0.1) is 0 Å². The van der Waals surface area contributed by atoms with Crippen molar-refractivity contribution in [2.24, 2.45) is 5.41 Å². The molecule has 17 heavy (non-hydrogen) atoms. The molecule has 0 bridgehead atoms. The summed E-state index contributed by atoms with van der Waals surface area (Å²) in [5, 5.41) is 3.49. The van der Waals surface area contributed by atoms with Gasteiger partial charge in [-0.05, 0) is 17.5 Å². The predicted octanol–water partition coefficient (Wildman–Crippen LogP) is 3.33. The quantitative estimate of drug-likeness (QED) is 0.875. The van der Waals surface area contributed by atoms with Crippen LogP contribution in [0.2, 0.25) is 0 Å². The van der Waals surface area contributed by atoms with Crippen LogP contribution in [0.25, 0.3) is 5.69 Å². The van der Waals surface area contributed by atoms with Crippen molar-refractivity contribution in [2.45, 2.75) is 20.8 Å². The maximum absolute atomic E-state index is 4.08. The molecule has 2 aromatic rings. The Morgan fingerprint density at radius 1 is 1.24 bits per heavy atom. The Balaban J connectivity index is 2.23. The summed E-state index contributed by atoms with van der Waals surface area (Å²) in [6.45, 7) is 7.61. The Morgan fingerprint density at radius 2 is 2.00 bits per heavy atom. The molecular formula is C14H19N3. The number of anilines is 1. The second kappa shape index (κ2) is 4.62. The van der Waals surface area contributed by atoms with Gasteiger partial charge in [0, 0.05) is 18.9 Å². The van der Waals surface area contributed by atoms with Crippen molar-refractivity contribution in [1.29, 1.82) is 0 Å². The average Bonchev–Trinajstić information content (AvgIpc) is 2.79. The normalized spacial score (nSPS) is 11.5. The van der Waals surface area contributed by atoms with E-state index in [0.29, 0.717) is 0 Å². The van der Waals surface area contributed by atoms with Crippen LogP contribution in [0.15, 0.2) is 43.0 Å². The van der Waals surface area contributed by atoms with Gasteiger partial charge in [0.2, 0.25) is 0 Å². The number of benzene rings is 1. The summed E-state index contributed by atoms with van der Waals surface area (Å²) in [4.78, 5) is 4.08. The third-order valence-electron chi connectivity index (χ3n) is 2.50. The van der Waals surface area contributed by atoms with E-state index >= 15 is 0 Å². The lowest BCUT2D eigenvalue weighted by atomic mass is 9.97. The first-order chi connectivity index (χ1) is 8.06. The average molecular weight is 229 g/mol. The number of aromatic nitrogens is 2. The first-order valence-electron chi connectivity index (χ1n) is 5.87. The summed E-state index contributed by atoms with van der Waals surface area (Å²) in [6, 6.07) is 8.27. The minimum absolute atomic E-state index is 0.266. The second-order valence-electron chi connectivity index (χ2n) is 5.40. The lowest BCUT2D eigenvalue weighted by Gasteiger charge is -2.21. The number of hydrogen-bond donors (Lipinski definition) is 1. The Hall–Kier alpha value is -1.77. The van der Waals surface area contributed by atoms with Crippen LogP contribution in [0.5, 0.6) is 0 Å². The van der Waals surface area contributed by atoms with Gasteiger partial charge in [-0.2, -0.15) is 0 Å². The van der Waals surface area contributed by atoms with Gasteiger partial charge >= 0.3 is 0 Å². The summed E-state index contributed by atoms with van der Waals surface area (Å²) in [5.41, 5.74) is 2.54. The molecule has 1 heterocycles. The van der Waals surface area contributed by atoms with Crippen molar-refractivity contribution in [3.05, 3.63) is 43.0 Å². The SMILES string of the molecule is CC(C)(C)CNc1ccccc1-n1ccnc1. The number of para-hydroxylation sites is 2. The topological polar surface area (TPSA) is 29.9 Å². The highest BCUT2D eigenvalue weighted by atomic mass is 15.1. The maximum atomic E-state index is 4.08. The number of hydrogen-bond acceptors (Lipinski definition) is 2. The van der Waals surface area contributed by atoms with Crippen LogP contribution >= 0.6 is 0 Å². The van der Waals surface area contributed by atoms with Crippen LogP contribution in [0.3, 0.4) is 0 Å².